The molecular weight excluding hydrogens is 236 g/mol. The third-order valence-corrected chi connectivity index (χ3v) is 2.42. The first-order chi connectivity index (χ1) is 8.35. The molecule has 0 saturated heterocycles. The highest BCUT2D eigenvalue weighted by molar-refractivity contribution is 5.85. The predicted octanol–water partition coefficient (Wildman–Crippen LogP) is 0.565. The van der Waals surface area contributed by atoms with E-state index in [1.165, 1.54) is 13.8 Å². The highest BCUT2D eigenvalue weighted by atomic mass is 16.4. The number of nitrogens with zero attached hydrogens (tertiary/aromatic N) is 2. The van der Waals surface area contributed by atoms with Gasteiger partial charge in [-0.15, -0.1) is 0 Å². The van der Waals surface area contributed by atoms with Crippen molar-refractivity contribution in [2.24, 2.45) is 0 Å². The molecule has 100 valence electrons. The fraction of sp³-hybridized carbons (Fsp3) is 0.545. The molecule has 7 heteroatoms. The summed E-state index contributed by atoms with van der Waals surface area (Å²) in [5.74, 6) is -1.09. The standard InChI is InChI=1S/C11H18N4O3/c1-4-15-7-8(6-13-15)5-12-10(18)14-11(2,3)9(16)17/h6-7H,4-5H2,1-3H3,(H,16,17)(H2,12,14,18). The number of aromatic nitrogens is 2. The van der Waals surface area contributed by atoms with Crippen LogP contribution in [0.25, 0.3) is 0 Å². The van der Waals surface area contributed by atoms with Crippen LogP contribution in [0.15, 0.2) is 12.4 Å². The number of carboxylic acid groups (broad SMARTS) is 1. The normalized spacial score (nSPS) is 11.1. The molecule has 0 aromatic carbocycles. The number of hydrogen-bond acceptors (Lipinski definition) is 3. The van der Waals surface area contributed by atoms with Crippen LogP contribution >= 0.6 is 0 Å². The molecule has 7 nitrogen and oxygen atoms in total. The summed E-state index contributed by atoms with van der Waals surface area (Å²) in [5, 5.41) is 17.9. The van der Waals surface area contributed by atoms with Crippen molar-refractivity contribution in [2.45, 2.75) is 39.4 Å². The largest absolute Gasteiger partial charge is 0.480 e. The van der Waals surface area contributed by atoms with Gasteiger partial charge in [-0.3, -0.25) is 4.68 Å². The minimum atomic E-state index is -1.29. The molecule has 0 bridgehead atoms. The van der Waals surface area contributed by atoms with Crippen LogP contribution in [0.4, 0.5) is 4.79 Å². The number of nitrogens with one attached hydrogen (secondary N) is 2. The number of carbonyl (C=O) groups is 2. The molecule has 0 unspecified atom stereocenters. The lowest BCUT2D eigenvalue weighted by Crippen LogP contribution is -2.52. The first-order valence-corrected chi connectivity index (χ1v) is 5.66. The Hall–Kier alpha value is -2.05. The molecule has 18 heavy (non-hydrogen) atoms. The third-order valence-electron chi connectivity index (χ3n) is 2.42. The number of carbonyl (C=O) groups excluding carboxylic acids is 1. The molecule has 0 atom stereocenters. The van der Waals surface area contributed by atoms with Gasteiger partial charge in [0.05, 0.1) is 6.20 Å². The second-order valence-electron chi connectivity index (χ2n) is 4.44. The molecule has 0 aliphatic carbocycles. The molecule has 1 heterocycles. The number of urea groups is 1. The number of amides is 2. The second-order valence-corrected chi connectivity index (χ2v) is 4.44. The van der Waals surface area contributed by atoms with Gasteiger partial charge in [-0.2, -0.15) is 5.10 Å². The summed E-state index contributed by atoms with van der Waals surface area (Å²) < 4.78 is 1.75. The fourth-order valence-corrected chi connectivity index (χ4v) is 1.23. The van der Waals surface area contributed by atoms with Gasteiger partial charge in [0.25, 0.3) is 0 Å². The lowest BCUT2D eigenvalue weighted by atomic mass is 10.1. The Kier molecular flexibility index (Phi) is 4.30. The van der Waals surface area contributed by atoms with Crippen LogP contribution in [-0.4, -0.2) is 32.4 Å². The van der Waals surface area contributed by atoms with Gasteiger partial charge in [0.1, 0.15) is 5.54 Å². The van der Waals surface area contributed by atoms with Crippen molar-refractivity contribution in [1.29, 1.82) is 0 Å². The summed E-state index contributed by atoms with van der Waals surface area (Å²) >= 11 is 0. The van der Waals surface area contributed by atoms with Gasteiger partial charge in [0.15, 0.2) is 0 Å². The van der Waals surface area contributed by atoms with Gasteiger partial charge in [0.2, 0.25) is 0 Å². The topological polar surface area (TPSA) is 96.2 Å². The van der Waals surface area contributed by atoms with Gasteiger partial charge < -0.3 is 15.7 Å². The molecule has 0 radical (unpaired) electrons. The number of aliphatic carboxylic acids is 1. The van der Waals surface area contributed by atoms with E-state index in [1.54, 1.807) is 10.9 Å². The van der Waals surface area contributed by atoms with Crippen molar-refractivity contribution in [3.8, 4) is 0 Å². The van der Waals surface area contributed by atoms with E-state index < -0.39 is 17.5 Å². The molecule has 1 aromatic rings. The van der Waals surface area contributed by atoms with E-state index in [0.29, 0.717) is 6.54 Å². The second kappa shape index (κ2) is 5.52. The first kappa shape index (κ1) is 14.0. The van der Waals surface area contributed by atoms with Crippen molar-refractivity contribution in [3.63, 3.8) is 0 Å². The molecule has 1 aromatic heterocycles. The quantitative estimate of drug-likeness (QED) is 0.715. The minimum Gasteiger partial charge on any atom is -0.480 e. The zero-order valence-electron chi connectivity index (χ0n) is 10.7. The fourth-order valence-electron chi connectivity index (χ4n) is 1.23. The van der Waals surface area contributed by atoms with Crippen molar-refractivity contribution in [1.82, 2.24) is 20.4 Å². The Morgan fingerprint density at radius 2 is 2.17 bits per heavy atom. The zero-order valence-corrected chi connectivity index (χ0v) is 10.7. The Labute approximate surface area is 105 Å². The predicted molar refractivity (Wildman–Crippen MR) is 65.0 cm³/mol. The van der Waals surface area contributed by atoms with Gasteiger partial charge in [-0.25, -0.2) is 9.59 Å². The lowest BCUT2D eigenvalue weighted by molar-refractivity contribution is -0.142. The highest BCUT2D eigenvalue weighted by Crippen LogP contribution is 2.01. The van der Waals surface area contributed by atoms with Crippen molar-refractivity contribution in [2.75, 3.05) is 0 Å². The van der Waals surface area contributed by atoms with Gasteiger partial charge in [-0.05, 0) is 20.8 Å². The van der Waals surface area contributed by atoms with E-state index in [4.69, 9.17) is 5.11 Å². The molecule has 2 amide bonds. The lowest BCUT2D eigenvalue weighted by Gasteiger charge is -2.21. The Morgan fingerprint density at radius 1 is 1.50 bits per heavy atom. The van der Waals surface area contributed by atoms with Crippen LogP contribution in [0.3, 0.4) is 0 Å². The van der Waals surface area contributed by atoms with Crippen LogP contribution in [0.1, 0.15) is 26.3 Å². The summed E-state index contributed by atoms with van der Waals surface area (Å²) in [5.41, 5.74) is -0.433. The summed E-state index contributed by atoms with van der Waals surface area (Å²) in [7, 11) is 0. The van der Waals surface area contributed by atoms with Gasteiger partial charge in [-0.1, -0.05) is 0 Å². The molecule has 0 fully saturated rings. The van der Waals surface area contributed by atoms with E-state index in [1.807, 2.05) is 13.1 Å². The summed E-state index contributed by atoms with van der Waals surface area (Å²) in [6.45, 7) is 5.88. The molecule has 0 saturated carbocycles. The SMILES string of the molecule is CCn1cc(CNC(=O)NC(C)(C)C(=O)O)cn1. The summed E-state index contributed by atoms with van der Waals surface area (Å²) in [6.07, 6.45) is 3.48. The monoisotopic (exact) mass is 254 g/mol. The Balaban J connectivity index is 2.44. The Bertz CT molecular complexity index is 439. The minimum absolute atomic E-state index is 0.307. The van der Waals surface area contributed by atoms with Crippen molar-refractivity contribution in [3.05, 3.63) is 18.0 Å². The van der Waals surface area contributed by atoms with Crippen molar-refractivity contribution < 1.29 is 14.7 Å². The van der Waals surface area contributed by atoms with E-state index in [9.17, 15) is 9.59 Å². The number of hydrogen-bond donors (Lipinski definition) is 3. The van der Waals surface area contributed by atoms with Crippen LogP contribution in [0, 0.1) is 0 Å². The maximum atomic E-state index is 11.5. The summed E-state index contributed by atoms with van der Waals surface area (Å²) in [6, 6.07) is -0.522. The number of carboxylic acids is 1. The van der Waals surface area contributed by atoms with E-state index >= 15 is 0 Å². The molecular formula is C11H18N4O3. The zero-order chi connectivity index (χ0) is 13.8. The van der Waals surface area contributed by atoms with E-state index in [-0.39, 0.29) is 0 Å². The maximum Gasteiger partial charge on any atom is 0.328 e. The van der Waals surface area contributed by atoms with Crippen LogP contribution in [0.2, 0.25) is 0 Å². The third kappa shape index (κ3) is 3.76. The van der Waals surface area contributed by atoms with Crippen LogP contribution in [-0.2, 0) is 17.9 Å². The molecule has 3 N–H and O–H groups in total. The van der Waals surface area contributed by atoms with Gasteiger partial charge >= 0.3 is 12.0 Å². The smallest absolute Gasteiger partial charge is 0.328 e. The number of rotatable bonds is 5. The molecule has 0 aliphatic heterocycles. The average molecular weight is 254 g/mol. The molecule has 1 rings (SSSR count). The average Bonchev–Trinajstić information content (AvgIpc) is 2.73. The maximum absolute atomic E-state index is 11.5. The molecule has 0 aliphatic rings. The number of aryl methyl sites for hydroxylation is 1. The van der Waals surface area contributed by atoms with Gasteiger partial charge in [0, 0.05) is 24.8 Å². The first-order valence-electron chi connectivity index (χ1n) is 5.66. The highest BCUT2D eigenvalue weighted by Gasteiger charge is 2.28. The molecule has 0 spiro atoms. The van der Waals surface area contributed by atoms with Crippen LogP contribution < -0.4 is 10.6 Å². The van der Waals surface area contributed by atoms with Crippen LogP contribution in [0.5, 0.6) is 0 Å². The van der Waals surface area contributed by atoms with E-state index in [2.05, 4.69) is 15.7 Å². The Morgan fingerprint density at radius 3 is 2.67 bits per heavy atom. The van der Waals surface area contributed by atoms with E-state index in [0.717, 1.165) is 12.1 Å². The summed E-state index contributed by atoms with van der Waals surface area (Å²) in [4.78, 5) is 22.3. The van der Waals surface area contributed by atoms with Crippen molar-refractivity contribution >= 4 is 12.0 Å².